The van der Waals surface area contributed by atoms with Gasteiger partial charge in [0, 0.05) is 0 Å². The van der Waals surface area contributed by atoms with Gasteiger partial charge in [0.05, 0.1) is 35.9 Å². The van der Waals surface area contributed by atoms with Gasteiger partial charge in [-0.25, -0.2) is 4.79 Å². The highest BCUT2D eigenvalue weighted by Gasteiger charge is 2.11. The number of nitriles is 2. The van der Waals surface area contributed by atoms with E-state index < -0.39 is 5.97 Å². The third kappa shape index (κ3) is 4.35. The maximum atomic E-state index is 12.1. The lowest BCUT2D eigenvalue weighted by molar-refractivity contribution is 0.0600. The maximum absolute atomic E-state index is 12.1. The van der Waals surface area contributed by atoms with Crippen molar-refractivity contribution in [2.24, 2.45) is 0 Å². The predicted octanol–water partition coefficient (Wildman–Crippen LogP) is 4.46. The van der Waals surface area contributed by atoms with Crippen LogP contribution in [0.2, 0.25) is 0 Å². The van der Waals surface area contributed by atoms with Crippen molar-refractivity contribution in [1.29, 1.82) is 10.5 Å². The van der Waals surface area contributed by atoms with E-state index in [4.69, 9.17) is 20.0 Å². The molecule has 0 fully saturated rings. The molecule has 0 spiro atoms. The summed E-state index contributed by atoms with van der Waals surface area (Å²) >= 11 is 0. The van der Waals surface area contributed by atoms with Crippen molar-refractivity contribution in [3.8, 4) is 29.0 Å². The number of methoxy groups -OCH3 is 1. The summed E-state index contributed by atoms with van der Waals surface area (Å²) in [6.45, 7) is 0.213. The van der Waals surface area contributed by atoms with Crippen LogP contribution in [0.1, 0.15) is 27.0 Å². The Hall–Kier alpha value is -4.09. The van der Waals surface area contributed by atoms with Gasteiger partial charge in [0.1, 0.15) is 12.4 Å². The molecule has 0 saturated heterocycles. The summed E-state index contributed by atoms with van der Waals surface area (Å²) in [5, 5.41) is 18.1. The van der Waals surface area contributed by atoms with Crippen LogP contribution < -0.4 is 4.74 Å². The monoisotopic (exact) mass is 368 g/mol. The highest BCUT2D eigenvalue weighted by Crippen LogP contribution is 2.25. The van der Waals surface area contributed by atoms with Gasteiger partial charge >= 0.3 is 5.97 Å². The number of ether oxygens (including phenoxy) is 2. The average Bonchev–Trinajstić information content (AvgIpc) is 2.77. The largest absolute Gasteiger partial charge is 0.489 e. The van der Waals surface area contributed by atoms with Gasteiger partial charge in [0.2, 0.25) is 0 Å². The molecule has 28 heavy (non-hydrogen) atoms. The van der Waals surface area contributed by atoms with Crippen LogP contribution in [0, 0.1) is 22.7 Å². The van der Waals surface area contributed by atoms with Crippen LogP contribution in [0.3, 0.4) is 0 Å². The van der Waals surface area contributed by atoms with E-state index in [2.05, 4.69) is 12.1 Å². The molecule has 0 saturated carbocycles. The molecule has 0 amide bonds. The SMILES string of the molecule is COC(=O)c1cc(COc2cccc(C#N)c2)cc(-c2cccc(C#N)c2)c1. The van der Waals surface area contributed by atoms with Crippen molar-refractivity contribution >= 4 is 5.97 Å². The molecule has 3 rings (SSSR count). The molecular weight excluding hydrogens is 352 g/mol. The topological polar surface area (TPSA) is 83.1 Å². The number of hydrogen-bond donors (Lipinski definition) is 0. The van der Waals surface area contributed by atoms with Crippen molar-refractivity contribution in [2.75, 3.05) is 7.11 Å². The Kier molecular flexibility index (Phi) is 5.69. The molecule has 0 bridgehead atoms. The number of rotatable bonds is 5. The van der Waals surface area contributed by atoms with Crippen LogP contribution in [-0.2, 0) is 11.3 Å². The molecule has 5 nitrogen and oxygen atoms in total. The quantitative estimate of drug-likeness (QED) is 0.621. The molecular formula is C23H16N2O3. The zero-order valence-electron chi connectivity index (χ0n) is 15.2. The number of hydrogen-bond acceptors (Lipinski definition) is 5. The van der Waals surface area contributed by atoms with Crippen LogP contribution in [0.5, 0.6) is 5.75 Å². The lowest BCUT2D eigenvalue weighted by Gasteiger charge is -2.11. The lowest BCUT2D eigenvalue weighted by atomic mass is 9.98. The Morgan fingerprint density at radius 3 is 2.32 bits per heavy atom. The molecule has 0 aromatic heterocycles. The maximum Gasteiger partial charge on any atom is 0.337 e. The standard InChI is InChI=1S/C23H16N2O3/c1-27-23(26)21-10-18(15-28-22-7-3-5-17(11-22)14-25)9-20(12-21)19-6-2-4-16(8-19)13-24/h2-12H,15H2,1H3. The molecule has 0 N–H and O–H groups in total. The fourth-order valence-corrected chi connectivity index (χ4v) is 2.77. The third-order valence-corrected chi connectivity index (χ3v) is 4.11. The Morgan fingerprint density at radius 1 is 0.893 bits per heavy atom. The fraction of sp³-hybridized carbons (Fsp3) is 0.0870. The molecule has 0 aliphatic carbocycles. The minimum atomic E-state index is -0.453. The van der Waals surface area contributed by atoms with Crippen molar-refractivity contribution in [1.82, 2.24) is 0 Å². The zero-order valence-corrected chi connectivity index (χ0v) is 15.2. The van der Waals surface area contributed by atoms with Crippen LogP contribution in [0.15, 0.2) is 66.7 Å². The molecule has 5 heteroatoms. The predicted molar refractivity (Wildman–Crippen MR) is 103 cm³/mol. The van der Waals surface area contributed by atoms with E-state index in [1.165, 1.54) is 7.11 Å². The number of carbonyl (C=O) groups is 1. The lowest BCUT2D eigenvalue weighted by Crippen LogP contribution is -2.04. The minimum Gasteiger partial charge on any atom is -0.489 e. The van der Waals surface area contributed by atoms with Gasteiger partial charge in [0.25, 0.3) is 0 Å². The van der Waals surface area contributed by atoms with Crippen molar-refractivity contribution in [3.05, 3.63) is 89.0 Å². The van der Waals surface area contributed by atoms with Gasteiger partial charge in [-0.05, 0) is 65.2 Å². The molecule has 0 atom stereocenters. The first-order chi connectivity index (χ1) is 13.6. The first-order valence-electron chi connectivity index (χ1n) is 8.48. The number of nitrogens with zero attached hydrogens (tertiary/aromatic N) is 2. The van der Waals surface area contributed by atoms with Gasteiger partial charge in [-0.3, -0.25) is 0 Å². The third-order valence-electron chi connectivity index (χ3n) is 4.11. The van der Waals surface area contributed by atoms with Crippen LogP contribution in [0.4, 0.5) is 0 Å². The summed E-state index contributed by atoms with van der Waals surface area (Å²) in [5.41, 5.74) is 3.80. The van der Waals surface area contributed by atoms with Gasteiger partial charge in [-0.15, -0.1) is 0 Å². The van der Waals surface area contributed by atoms with Crippen molar-refractivity contribution in [2.45, 2.75) is 6.61 Å². The van der Waals surface area contributed by atoms with Crippen molar-refractivity contribution in [3.63, 3.8) is 0 Å². The first-order valence-corrected chi connectivity index (χ1v) is 8.48. The molecule has 3 aromatic carbocycles. The highest BCUT2D eigenvalue weighted by atomic mass is 16.5. The number of esters is 1. The van der Waals surface area contributed by atoms with E-state index >= 15 is 0 Å². The molecule has 0 aliphatic rings. The minimum absolute atomic E-state index is 0.213. The van der Waals surface area contributed by atoms with E-state index in [9.17, 15) is 4.79 Å². The summed E-state index contributed by atoms with van der Waals surface area (Å²) in [6, 6.07) is 23.5. The van der Waals surface area contributed by atoms with E-state index in [0.29, 0.717) is 22.4 Å². The zero-order chi connectivity index (χ0) is 19.9. The summed E-state index contributed by atoms with van der Waals surface area (Å²) < 4.78 is 10.6. The molecule has 0 heterocycles. The number of benzene rings is 3. The Morgan fingerprint density at radius 2 is 1.61 bits per heavy atom. The summed E-state index contributed by atoms with van der Waals surface area (Å²) in [5.74, 6) is 0.113. The van der Waals surface area contributed by atoms with E-state index in [0.717, 1.165) is 16.7 Å². The molecule has 136 valence electrons. The Balaban J connectivity index is 1.94. The smallest absolute Gasteiger partial charge is 0.337 e. The second kappa shape index (κ2) is 8.53. The average molecular weight is 368 g/mol. The second-order valence-electron chi connectivity index (χ2n) is 6.03. The Labute approximate surface area is 163 Å². The summed E-state index contributed by atoms with van der Waals surface area (Å²) in [6.07, 6.45) is 0. The van der Waals surface area contributed by atoms with E-state index in [-0.39, 0.29) is 6.61 Å². The molecule has 0 aliphatic heterocycles. The molecule has 0 unspecified atom stereocenters. The second-order valence-corrected chi connectivity index (χ2v) is 6.03. The van der Waals surface area contributed by atoms with Crippen molar-refractivity contribution < 1.29 is 14.3 Å². The summed E-state index contributed by atoms with van der Waals surface area (Å²) in [4.78, 5) is 12.1. The Bertz CT molecular complexity index is 1110. The van der Waals surface area contributed by atoms with E-state index in [1.807, 2.05) is 12.1 Å². The van der Waals surface area contributed by atoms with Crippen LogP contribution in [0.25, 0.3) is 11.1 Å². The number of carbonyl (C=O) groups excluding carboxylic acids is 1. The summed E-state index contributed by atoms with van der Waals surface area (Å²) in [7, 11) is 1.33. The van der Waals surface area contributed by atoms with Crippen LogP contribution >= 0.6 is 0 Å². The fourth-order valence-electron chi connectivity index (χ4n) is 2.77. The van der Waals surface area contributed by atoms with E-state index in [1.54, 1.807) is 54.6 Å². The van der Waals surface area contributed by atoms with Crippen LogP contribution in [-0.4, -0.2) is 13.1 Å². The highest BCUT2D eigenvalue weighted by molar-refractivity contribution is 5.91. The van der Waals surface area contributed by atoms with Gasteiger partial charge in [0.15, 0.2) is 0 Å². The normalized spacial score (nSPS) is 9.82. The van der Waals surface area contributed by atoms with Gasteiger partial charge < -0.3 is 9.47 Å². The van der Waals surface area contributed by atoms with Gasteiger partial charge in [-0.1, -0.05) is 18.2 Å². The van der Waals surface area contributed by atoms with Gasteiger partial charge in [-0.2, -0.15) is 10.5 Å². The molecule has 0 radical (unpaired) electrons. The first kappa shape index (κ1) is 18.7. The molecule has 3 aromatic rings.